The number of fused-ring (bicyclic) bond motifs is 2. The second-order valence-electron chi connectivity index (χ2n) is 8.91. The maximum absolute atomic E-state index is 13.8. The maximum atomic E-state index is 13.8. The summed E-state index contributed by atoms with van der Waals surface area (Å²) in [6.07, 6.45) is 9.28. The molecule has 0 atom stereocenters. The summed E-state index contributed by atoms with van der Waals surface area (Å²) < 4.78 is 11.1. The summed E-state index contributed by atoms with van der Waals surface area (Å²) in [4.78, 5) is 31.0. The van der Waals surface area contributed by atoms with Crippen LogP contribution in [0.4, 0.5) is 0 Å². The van der Waals surface area contributed by atoms with Crippen LogP contribution in [-0.4, -0.2) is 32.0 Å². The van der Waals surface area contributed by atoms with E-state index in [1.54, 1.807) is 0 Å². The normalized spacial score (nSPS) is 13.4. The number of carbonyl (C=O) groups is 2. The lowest BCUT2D eigenvalue weighted by atomic mass is 9.93. The Bertz CT molecular complexity index is 1330. The van der Waals surface area contributed by atoms with Crippen molar-refractivity contribution in [2.75, 3.05) is 6.54 Å². The Hall–Kier alpha value is -1.46. The van der Waals surface area contributed by atoms with E-state index in [2.05, 4.69) is 47.5 Å². The first-order valence-electron chi connectivity index (χ1n) is 12.2. The number of hydrogen-bond acceptors (Lipinski definition) is 7. The zero-order chi connectivity index (χ0) is 25.2. The van der Waals surface area contributed by atoms with Gasteiger partial charge in [0.05, 0.1) is 30.4 Å². The largest absolute Gasteiger partial charge is 0.274 e. The van der Waals surface area contributed by atoms with Crippen molar-refractivity contribution in [2.24, 2.45) is 0 Å². The molecule has 0 saturated carbocycles. The first kappa shape index (κ1) is 26.2. The Balaban J connectivity index is 1.51. The Kier molecular flexibility index (Phi) is 8.37. The van der Waals surface area contributed by atoms with Crippen molar-refractivity contribution in [1.82, 2.24) is 13.6 Å². The number of benzene rings is 1. The summed E-state index contributed by atoms with van der Waals surface area (Å²) in [6.45, 7) is 2.67. The zero-order valence-electron chi connectivity index (χ0n) is 19.8. The van der Waals surface area contributed by atoms with Crippen molar-refractivity contribution in [3.8, 4) is 20.9 Å². The molecular formula is C26H25Br2N3O2S3. The predicted octanol–water partition coefficient (Wildman–Crippen LogP) is 9.41. The molecule has 0 radical (unpaired) electrons. The van der Waals surface area contributed by atoms with E-state index in [1.165, 1.54) is 59.7 Å². The van der Waals surface area contributed by atoms with Crippen LogP contribution in [0.25, 0.3) is 31.9 Å². The Morgan fingerprint density at radius 2 is 1.17 bits per heavy atom. The van der Waals surface area contributed by atoms with E-state index in [9.17, 15) is 9.59 Å². The monoisotopic (exact) mass is 665 g/mol. The maximum Gasteiger partial charge on any atom is 0.262 e. The van der Waals surface area contributed by atoms with Crippen molar-refractivity contribution >= 4 is 89.1 Å². The molecule has 10 heteroatoms. The number of hydrogen-bond donors (Lipinski definition) is 0. The van der Waals surface area contributed by atoms with Gasteiger partial charge in [0.15, 0.2) is 0 Å². The summed E-state index contributed by atoms with van der Waals surface area (Å²) in [7, 11) is 0. The lowest BCUT2D eigenvalue weighted by Crippen LogP contribution is -2.30. The third-order valence-corrected chi connectivity index (χ3v) is 10.3. The molecule has 5 rings (SSSR count). The number of rotatable bonds is 11. The van der Waals surface area contributed by atoms with Crippen molar-refractivity contribution < 1.29 is 9.59 Å². The van der Waals surface area contributed by atoms with Gasteiger partial charge < -0.3 is 0 Å². The first-order chi connectivity index (χ1) is 17.5. The highest BCUT2D eigenvalue weighted by Gasteiger charge is 2.42. The zero-order valence-corrected chi connectivity index (χ0v) is 25.4. The molecule has 1 aliphatic heterocycles. The van der Waals surface area contributed by atoms with E-state index >= 15 is 0 Å². The van der Waals surface area contributed by atoms with E-state index < -0.39 is 0 Å². The lowest BCUT2D eigenvalue weighted by molar-refractivity contribution is 0.0652. The van der Waals surface area contributed by atoms with Gasteiger partial charge in [0, 0.05) is 27.4 Å². The molecule has 1 aromatic carbocycles. The van der Waals surface area contributed by atoms with Crippen molar-refractivity contribution in [1.29, 1.82) is 0 Å². The molecular weight excluding hydrogens is 642 g/mol. The van der Waals surface area contributed by atoms with E-state index in [0.717, 1.165) is 59.4 Å². The van der Waals surface area contributed by atoms with E-state index in [-0.39, 0.29) is 11.8 Å². The number of amides is 2. The van der Waals surface area contributed by atoms with Gasteiger partial charge >= 0.3 is 0 Å². The Morgan fingerprint density at radius 1 is 0.694 bits per heavy atom. The fraction of sp³-hybridized carbons (Fsp3) is 0.385. The molecule has 0 N–H and O–H groups in total. The van der Waals surface area contributed by atoms with Gasteiger partial charge in [-0.25, -0.2) is 0 Å². The minimum absolute atomic E-state index is 0.218. The molecule has 0 fully saturated rings. The van der Waals surface area contributed by atoms with Crippen LogP contribution in [0, 0.1) is 0 Å². The van der Waals surface area contributed by atoms with Gasteiger partial charge in [0.2, 0.25) is 0 Å². The van der Waals surface area contributed by atoms with E-state index in [0.29, 0.717) is 28.7 Å². The van der Waals surface area contributed by atoms with Gasteiger partial charge in [-0.15, -0.1) is 22.7 Å². The van der Waals surface area contributed by atoms with Gasteiger partial charge in [0.25, 0.3) is 11.8 Å². The predicted molar refractivity (Wildman–Crippen MR) is 157 cm³/mol. The molecule has 0 saturated heterocycles. The Morgan fingerprint density at radius 3 is 1.61 bits per heavy atom. The molecule has 4 heterocycles. The fourth-order valence-electron chi connectivity index (χ4n) is 4.78. The summed E-state index contributed by atoms with van der Waals surface area (Å²) in [6, 6.07) is 7.87. The topological polar surface area (TPSA) is 63.2 Å². The molecule has 5 nitrogen and oxygen atoms in total. The molecule has 188 valence electrons. The van der Waals surface area contributed by atoms with E-state index in [4.69, 9.17) is 0 Å². The highest BCUT2D eigenvalue weighted by Crippen LogP contribution is 2.48. The van der Waals surface area contributed by atoms with Crippen LogP contribution in [-0.2, 0) is 0 Å². The molecule has 2 amide bonds. The minimum atomic E-state index is -0.218. The summed E-state index contributed by atoms with van der Waals surface area (Å²) in [5, 5.41) is 0. The number of unbranched alkanes of at least 4 members (excludes halogenated alkanes) is 7. The van der Waals surface area contributed by atoms with E-state index in [1.807, 2.05) is 24.3 Å². The van der Waals surface area contributed by atoms with Crippen LogP contribution < -0.4 is 0 Å². The first-order valence-corrected chi connectivity index (χ1v) is 16.2. The van der Waals surface area contributed by atoms with Crippen molar-refractivity contribution in [3.63, 3.8) is 0 Å². The van der Waals surface area contributed by atoms with Gasteiger partial charge in [-0.05, 0) is 62.5 Å². The highest BCUT2D eigenvalue weighted by molar-refractivity contribution is 9.11. The number of halogens is 2. The molecule has 0 aliphatic carbocycles. The lowest BCUT2D eigenvalue weighted by Gasteiger charge is -2.13. The second-order valence-corrected chi connectivity index (χ2v) is 14.4. The molecule has 4 aromatic rings. The molecule has 1 aliphatic rings. The SMILES string of the molecule is CCCCCCCCCCN1C(=O)c2c(c(-c3ccc(Br)s3)c3nsnc3c2-c2ccc(Br)s2)C1=O. The molecule has 0 bridgehead atoms. The van der Waals surface area contributed by atoms with Gasteiger partial charge in [-0.2, -0.15) is 8.75 Å². The second kappa shape index (κ2) is 11.5. The molecule has 0 unspecified atom stereocenters. The third kappa shape index (κ3) is 4.99. The van der Waals surface area contributed by atoms with Gasteiger partial charge in [0.1, 0.15) is 11.0 Å². The van der Waals surface area contributed by atoms with Crippen LogP contribution in [0.5, 0.6) is 0 Å². The number of aromatic nitrogens is 2. The van der Waals surface area contributed by atoms with Crippen LogP contribution in [0.3, 0.4) is 0 Å². The standard InChI is InChI=1S/C26H25Br2N3O2S3/c1-2-3-4-5-6-7-8-9-14-31-25(32)21-19(15-10-12-17(27)34-15)23-24(30-36-29-23)20(22(21)26(31)33)16-11-13-18(28)35-16/h10-13H,2-9,14H2,1H3. The number of nitrogens with zero attached hydrogens (tertiary/aromatic N) is 3. The van der Waals surface area contributed by atoms with Crippen LogP contribution in [0.2, 0.25) is 0 Å². The Labute approximate surface area is 239 Å². The average molecular weight is 668 g/mol. The molecule has 36 heavy (non-hydrogen) atoms. The van der Waals surface area contributed by atoms with Crippen molar-refractivity contribution in [2.45, 2.75) is 58.3 Å². The highest BCUT2D eigenvalue weighted by atomic mass is 79.9. The fourth-order valence-corrected chi connectivity index (χ4v) is 8.21. The van der Waals surface area contributed by atoms with Crippen LogP contribution in [0.1, 0.15) is 79.0 Å². The molecule has 0 spiro atoms. The quantitative estimate of drug-likeness (QED) is 0.118. The average Bonchev–Trinajstić information content (AvgIpc) is 3.65. The van der Waals surface area contributed by atoms with Gasteiger partial charge in [-0.1, -0.05) is 51.9 Å². The van der Waals surface area contributed by atoms with Crippen molar-refractivity contribution in [3.05, 3.63) is 43.0 Å². The molecule has 3 aromatic heterocycles. The summed E-state index contributed by atoms with van der Waals surface area (Å²) in [5.41, 5.74) is 3.74. The minimum Gasteiger partial charge on any atom is -0.274 e. The van der Waals surface area contributed by atoms with Gasteiger partial charge in [-0.3, -0.25) is 14.5 Å². The smallest absolute Gasteiger partial charge is 0.262 e. The number of carbonyl (C=O) groups excluding carboxylic acids is 2. The number of thiophene rings is 2. The summed E-state index contributed by atoms with van der Waals surface area (Å²) >= 11 is 11.3. The van der Waals surface area contributed by atoms with Crippen LogP contribution in [0.15, 0.2) is 31.8 Å². The number of imide groups is 1. The third-order valence-electron chi connectivity index (χ3n) is 6.50. The van der Waals surface area contributed by atoms with Crippen LogP contribution >= 0.6 is 66.3 Å². The summed E-state index contributed by atoms with van der Waals surface area (Å²) in [5.74, 6) is -0.437.